The molecule has 62 valence electrons. The monoisotopic (exact) mass is 150 g/mol. The number of hydrogen-bond donors (Lipinski definition) is 0. The first-order valence-corrected chi connectivity index (χ1v) is 4.07. The molecule has 1 aromatic rings. The summed E-state index contributed by atoms with van der Waals surface area (Å²) in [5, 5.41) is 0. The predicted octanol–water partition coefficient (Wildman–Crippen LogP) is 3.54. The van der Waals surface area contributed by atoms with Gasteiger partial charge in [0.15, 0.2) is 0 Å². The first-order valence-electron chi connectivity index (χ1n) is 4.07. The topological polar surface area (TPSA) is 0 Å². The average Bonchev–Trinajstić information content (AvgIpc) is 1.86. The first-order chi connectivity index (χ1) is 5.00. The molecule has 0 aliphatic heterocycles. The van der Waals surface area contributed by atoms with Crippen LogP contribution in [-0.2, 0) is 5.41 Å². The summed E-state index contributed by atoms with van der Waals surface area (Å²) in [6, 6.07) is 8.74. The average molecular weight is 150 g/mol. The van der Waals surface area contributed by atoms with E-state index in [0.717, 1.165) is 0 Å². The summed E-state index contributed by atoms with van der Waals surface area (Å²) >= 11 is 0. The maximum Gasteiger partial charge on any atom is 0 e. The largest absolute Gasteiger partial charge is 0.0590 e. The van der Waals surface area contributed by atoms with Crippen molar-refractivity contribution < 1.29 is 1.43 Å². The lowest BCUT2D eigenvalue weighted by Gasteiger charge is -2.18. The van der Waals surface area contributed by atoms with Gasteiger partial charge in [-0.25, -0.2) is 0 Å². The van der Waals surface area contributed by atoms with Crippen LogP contribution in [0, 0.1) is 6.92 Å². The van der Waals surface area contributed by atoms with E-state index in [1.165, 1.54) is 11.1 Å². The SMILES string of the molecule is Cc1ccc(C(C)(C)C)cc1.[HH]. The van der Waals surface area contributed by atoms with E-state index in [2.05, 4.69) is 52.0 Å². The molecule has 0 unspecified atom stereocenters. The summed E-state index contributed by atoms with van der Waals surface area (Å²) in [6.45, 7) is 8.82. The van der Waals surface area contributed by atoms with Gasteiger partial charge >= 0.3 is 0 Å². The standard InChI is InChI=1S/C11H16.H2/c1-9-5-7-10(8-6-9)11(2,3)4;/h5-8H,1-4H3;1H. The Labute approximate surface area is 70.7 Å². The Morgan fingerprint density at radius 1 is 1.00 bits per heavy atom. The third kappa shape index (κ3) is 2.07. The zero-order valence-electron chi connectivity index (χ0n) is 7.81. The van der Waals surface area contributed by atoms with Crippen molar-refractivity contribution in [2.24, 2.45) is 0 Å². The van der Waals surface area contributed by atoms with Gasteiger partial charge in [-0.3, -0.25) is 0 Å². The Bertz CT molecular complexity index is 228. The second-order valence-corrected chi connectivity index (χ2v) is 4.12. The molecule has 0 aliphatic rings. The van der Waals surface area contributed by atoms with Crippen LogP contribution >= 0.6 is 0 Å². The molecule has 0 nitrogen and oxygen atoms in total. The molecule has 0 saturated carbocycles. The van der Waals surface area contributed by atoms with Crippen molar-refractivity contribution in [2.75, 3.05) is 0 Å². The fraction of sp³-hybridized carbons (Fsp3) is 0.455. The molecule has 1 aromatic carbocycles. The van der Waals surface area contributed by atoms with Gasteiger partial charge in [-0.2, -0.15) is 0 Å². The number of hydrogen-bond acceptors (Lipinski definition) is 0. The molecule has 0 spiro atoms. The normalized spacial score (nSPS) is 11.6. The summed E-state index contributed by atoms with van der Waals surface area (Å²) < 4.78 is 0. The van der Waals surface area contributed by atoms with Gasteiger partial charge in [0.25, 0.3) is 0 Å². The van der Waals surface area contributed by atoms with E-state index in [0.29, 0.717) is 0 Å². The lowest BCUT2D eigenvalue weighted by atomic mass is 9.87. The van der Waals surface area contributed by atoms with Crippen molar-refractivity contribution in [3.63, 3.8) is 0 Å². The lowest BCUT2D eigenvalue weighted by molar-refractivity contribution is 0.590. The molecule has 0 aliphatic carbocycles. The van der Waals surface area contributed by atoms with Gasteiger partial charge in [0.05, 0.1) is 0 Å². The van der Waals surface area contributed by atoms with E-state index in [1.807, 2.05) is 0 Å². The van der Waals surface area contributed by atoms with Crippen LogP contribution in [0.3, 0.4) is 0 Å². The molecule has 0 radical (unpaired) electrons. The molecular weight excluding hydrogens is 132 g/mol. The number of rotatable bonds is 0. The second-order valence-electron chi connectivity index (χ2n) is 4.12. The number of benzene rings is 1. The maximum atomic E-state index is 2.23. The zero-order chi connectivity index (χ0) is 8.48. The molecule has 0 saturated heterocycles. The minimum Gasteiger partial charge on any atom is -0.0590 e. The summed E-state index contributed by atoms with van der Waals surface area (Å²) in [6.07, 6.45) is 0. The van der Waals surface area contributed by atoms with Crippen molar-refractivity contribution in [1.82, 2.24) is 0 Å². The van der Waals surface area contributed by atoms with Gasteiger partial charge in [0.1, 0.15) is 0 Å². The van der Waals surface area contributed by atoms with Crippen LogP contribution in [0.4, 0.5) is 0 Å². The highest BCUT2D eigenvalue weighted by Gasteiger charge is 2.11. The Morgan fingerprint density at radius 2 is 1.45 bits per heavy atom. The highest BCUT2D eigenvalue weighted by Crippen LogP contribution is 2.21. The van der Waals surface area contributed by atoms with Gasteiger partial charge in [-0.1, -0.05) is 50.6 Å². The van der Waals surface area contributed by atoms with Gasteiger partial charge in [0, 0.05) is 1.43 Å². The van der Waals surface area contributed by atoms with Crippen LogP contribution in [0.5, 0.6) is 0 Å². The van der Waals surface area contributed by atoms with Crippen LogP contribution in [0.25, 0.3) is 0 Å². The molecule has 0 fully saturated rings. The van der Waals surface area contributed by atoms with Crippen molar-refractivity contribution in [2.45, 2.75) is 33.1 Å². The molecule has 0 atom stereocenters. The van der Waals surface area contributed by atoms with E-state index in [4.69, 9.17) is 0 Å². The molecule has 0 N–H and O–H groups in total. The molecule has 0 heterocycles. The molecule has 11 heavy (non-hydrogen) atoms. The number of aryl methyl sites for hydroxylation is 1. The van der Waals surface area contributed by atoms with Crippen LogP contribution in [0.1, 0.15) is 33.3 Å². The Morgan fingerprint density at radius 3 is 1.82 bits per heavy atom. The fourth-order valence-corrected chi connectivity index (χ4v) is 1.05. The van der Waals surface area contributed by atoms with Crippen molar-refractivity contribution >= 4 is 0 Å². The minimum absolute atomic E-state index is 0. The first kappa shape index (κ1) is 8.32. The highest BCUT2D eigenvalue weighted by atomic mass is 14.2. The molecular formula is C11H18. The molecule has 0 bridgehead atoms. The van der Waals surface area contributed by atoms with Gasteiger partial charge < -0.3 is 0 Å². The van der Waals surface area contributed by atoms with E-state index in [9.17, 15) is 0 Å². The summed E-state index contributed by atoms with van der Waals surface area (Å²) in [5.41, 5.74) is 3.02. The molecule has 1 rings (SSSR count). The lowest BCUT2D eigenvalue weighted by Crippen LogP contribution is -2.10. The Kier molecular flexibility index (Phi) is 2.03. The predicted molar refractivity (Wildman–Crippen MR) is 52.0 cm³/mol. The van der Waals surface area contributed by atoms with Crippen LogP contribution in [0.15, 0.2) is 24.3 Å². The summed E-state index contributed by atoms with van der Waals surface area (Å²) in [7, 11) is 0. The third-order valence-electron chi connectivity index (χ3n) is 1.92. The quantitative estimate of drug-likeness (QED) is 0.530. The van der Waals surface area contributed by atoms with Gasteiger partial charge in [0.2, 0.25) is 0 Å². The Hall–Kier alpha value is -0.780. The fourth-order valence-electron chi connectivity index (χ4n) is 1.05. The van der Waals surface area contributed by atoms with Crippen LogP contribution < -0.4 is 0 Å². The smallest absolute Gasteiger partial charge is 0 e. The van der Waals surface area contributed by atoms with E-state index in [-0.39, 0.29) is 6.84 Å². The van der Waals surface area contributed by atoms with Gasteiger partial charge in [-0.15, -0.1) is 0 Å². The van der Waals surface area contributed by atoms with Gasteiger partial charge in [-0.05, 0) is 17.9 Å². The maximum absolute atomic E-state index is 2.23. The van der Waals surface area contributed by atoms with Crippen LogP contribution in [-0.4, -0.2) is 0 Å². The second kappa shape index (κ2) is 2.69. The third-order valence-corrected chi connectivity index (χ3v) is 1.92. The molecule has 0 heteroatoms. The highest BCUT2D eigenvalue weighted by molar-refractivity contribution is 5.26. The van der Waals surface area contributed by atoms with E-state index < -0.39 is 0 Å². The van der Waals surface area contributed by atoms with Crippen molar-refractivity contribution in [1.29, 1.82) is 0 Å². The summed E-state index contributed by atoms with van der Waals surface area (Å²) in [4.78, 5) is 0. The van der Waals surface area contributed by atoms with E-state index in [1.54, 1.807) is 0 Å². The molecule has 0 amide bonds. The Balaban J connectivity index is 0.00000121. The van der Waals surface area contributed by atoms with E-state index >= 15 is 0 Å². The summed E-state index contributed by atoms with van der Waals surface area (Å²) in [5.74, 6) is 0. The molecule has 0 aromatic heterocycles. The van der Waals surface area contributed by atoms with Crippen LogP contribution in [0.2, 0.25) is 0 Å². The zero-order valence-corrected chi connectivity index (χ0v) is 7.81. The van der Waals surface area contributed by atoms with Crippen molar-refractivity contribution in [3.8, 4) is 0 Å². The minimum atomic E-state index is 0. The van der Waals surface area contributed by atoms with Crippen molar-refractivity contribution in [3.05, 3.63) is 35.4 Å².